The van der Waals surface area contributed by atoms with Crippen molar-refractivity contribution in [3.8, 4) is 0 Å². The first-order valence-corrected chi connectivity index (χ1v) is 4.50. The molecular weight excluding hydrogens is 168 g/mol. The molecule has 1 aromatic carbocycles. The van der Waals surface area contributed by atoms with E-state index in [0.29, 0.717) is 5.92 Å². The van der Waals surface area contributed by atoms with Crippen LogP contribution in [0.2, 0.25) is 5.02 Å². The van der Waals surface area contributed by atoms with E-state index in [1.807, 2.05) is 24.3 Å². The second kappa shape index (κ2) is 4.32. The number of halogens is 1. The summed E-state index contributed by atoms with van der Waals surface area (Å²) in [5.41, 5.74) is 1.20. The lowest BCUT2D eigenvalue weighted by molar-refractivity contribution is 0.836. The van der Waals surface area contributed by atoms with E-state index in [-0.39, 0.29) is 0 Å². The summed E-state index contributed by atoms with van der Waals surface area (Å²) in [6.45, 7) is 4.32. The minimum atomic E-state index is 0.598. The lowest BCUT2D eigenvalue weighted by atomic mass is 10.1. The minimum absolute atomic E-state index is 0.598. The Labute approximate surface area is 78.9 Å². The van der Waals surface area contributed by atoms with Gasteiger partial charge >= 0.3 is 0 Å². The molecule has 0 amide bonds. The molecule has 0 atom stereocenters. The van der Waals surface area contributed by atoms with Crippen LogP contribution in [0.5, 0.6) is 0 Å². The first kappa shape index (κ1) is 9.34. The van der Waals surface area contributed by atoms with E-state index in [0.717, 1.165) is 5.02 Å². The van der Waals surface area contributed by atoms with Gasteiger partial charge in [-0.25, -0.2) is 0 Å². The molecular formula is C11H13Cl. The average Bonchev–Trinajstić information content (AvgIpc) is 2.03. The molecule has 0 aliphatic carbocycles. The predicted molar refractivity (Wildman–Crippen MR) is 55.3 cm³/mol. The molecule has 0 unspecified atom stereocenters. The van der Waals surface area contributed by atoms with Crippen molar-refractivity contribution in [3.63, 3.8) is 0 Å². The number of benzene rings is 1. The molecule has 0 fully saturated rings. The van der Waals surface area contributed by atoms with Crippen molar-refractivity contribution < 1.29 is 0 Å². The fourth-order valence-electron chi connectivity index (χ4n) is 0.877. The van der Waals surface area contributed by atoms with Crippen LogP contribution >= 0.6 is 11.6 Å². The van der Waals surface area contributed by atoms with E-state index >= 15 is 0 Å². The molecule has 0 N–H and O–H groups in total. The smallest absolute Gasteiger partial charge is 0.0406 e. The summed E-state index contributed by atoms with van der Waals surface area (Å²) in [7, 11) is 0. The molecule has 0 radical (unpaired) electrons. The van der Waals surface area contributed by atoms with Crippen molar-refractivity contribution in [1.82, 2.24) is 0 Å². The van der Waals surface area contributed by atoms with Crippen LogP contribution in [0.4, 0.5) is 0 Å². The Kier molecular flexibility index (Phi) is 3.36. The molecule has 1 heteroatoms. The molecule has 0 bridgehead atoms. The molecule has 1 aromatic rings. The Hall–Kier alpha value is -0.750. The molecule has 0 aliphatic rings. The summed E-state index contributed by atoms with van der Waals surface area (Å²) >= 11 is 5.75. The maximum atomic E-state index is 5.75. The first-order valence-electron chi connectivity index (χ1n) is 4.12. The molecule has 64 valence electrons. The molecule has 0 saturated carbocycles. The second-order valence-electron chi connectivity index (χ2n) is 3.15. The monoisotopic (exact) mass is 180 g/mol. The maximum Gasteiger partial charge on any atom is 0.0406 e. The highest BCUT2D eigenvalue weighted by atomic mass is 35.5. The van der Waals surface area contributed by atoms with E-state index in [4.69, 9.17) is 11.6 Å². The predicted octanol–water partition coefficient (Wildman–Crippen LogP) is 4.01. The zero-order valence-corrected chi connectivity index (χ0v) is 8.18. The topological polar surface area (TPSA) is 0 Å². The van der Waals surface area contributed by atoms with Crippen LogP contribution in [0, 0.1) is 5.92 Å². The van der Waals surface area contributed by atoms with Crippen LogP contribution in [-0.2, 0) is 0 Å². The summed E-state index contributed by atoms with van der Waals surface area (Å²) in [6, 6.07) is 7.84. The molecule has 12 heavy (non-hydrogen) atoms. The van der Waals surface area contributed by atoms with Gasteiger partial charge in [-0.05, 0) is 23.6 Å². The van der Waals surface area contributed by atoms with Crippen LogP contribution in [-0.4, -0.2) is 0 Å². The van der Waals surface area contributed by atoms with Gasteiger partial charge < -0.3 is 0 Å². The second-order valence-corrected chi connectivity index (χ2v) is 3.59. The van der Waals surface area contributed by atoms with E-state index < -0.39 is 0 Å². The van der Waals surface area contributed by atoms with Gasteiger partial charge in [-0.2, -0.15) is 0 Å². The quantitative estimate of drug-likeness (QED) is 0.645. The van der Waals surface area contributed by atoms with Gasteiger partial charge in [0.15, 0.2) is 0 Å². The van der Waals surface area contributed by atoms with Gasteiger partial charge in [-0.15, -0.1) is 0 Å². The molecule has 0 aromatic heterocycles. The van der Waals surface area contributed by atoms with Crippen molar-refractivity contribution in [2.24, 2.45) is 5.92 Å². The fraction of sp³-hybridized carbons (Fsp3) is 0.273. The molecule has 0 heterocycles. The highest BCUT2D eigenvalue weighted by Gasteiger charge is 1.88. The van der Waals surface area contributed by atoms with E-state index in [9.17, 15) is 0 Å². The van der Waals surface area contributed by atoms with E-state index in [2.05, 4.69) is 26.0 Å². The first-order chi connectivity index (χ1) is 5.68. The van der Waals surface area contributed by atoms with Crippen molar-refractivity contribution in [2.45, 2.75) is 13.8 Å². The minimum Gasteiger partial charge on any atom is -0.0843 e. The summed E-state index contributed by atoms with van der Waals surface area (Å²) in [5, 5.41) is 0.789. The highest BCUT2D eigenvalue weighted by Crippen LogP contribution is 2.11. The van der Waals surface area contributed by atoms with Gasteiger partial charge in [0.2, 0.25) is 0 Å². The third-order valence-electron chi connectivity index (χ3n) is 1.54. The van der Waals surface area contributed by atoms with Crippen molar-refractivity contribution in [1.29, 1.82) is 0 Å². The maximum absolute atomic E-state index is 5.75. The third-order valence-corrected chi connectivity index (χ3v) is 1.80. The highest BCUT2D eigenvalue weighted by molar-refractivity contribution is 6.30. The Morgan fingerprint density at radius 3 is 2.25 bits per heavy atom. The zero-order valence-electron chi connectivity index (χ0n) is 7.42. The van der Waals surface area contributed by atoms with E-state index in [1.54, 1.807) is 0 Å². The number of allylic oxidation sites excluding steroid dienone is 1. The normalized spacial score (nSPS) is 11.3. The summed E-state index contributed by atoms with van der Waals surface area (Å²) < 4.78 is 0. The molecule has 0 spiro atoms. The van der Waals surface area contributed by atoms with Crippen LogP contribution in [0.3, 0.4) is 0 Å². The molecule has 1 rings (SSSR count). The summed E-state index contributed by atoms with van der Waals surface area (Å²) in [6.07, 6.45) is 4.28. The SMILES string of the molecule is CC(C)/C=C\c1ccc(Cl)cc1. The van der Waals surface area contributed by atoms with Crippen LogP contribution in [0.25, 0.3) is 6.08 Å². The van der Waals surface area contributed by atoms with Crippen LogP contribution in [0.1, 0.15) is 19.4 Å². The summed E-state index contributed by atoms with van der Waals surface area (Å²) in [4.78, 5) is 0. The summed E-state index contributed by atoms with van der Waals surface area (Å²) in [5.74, 6) is 0.598. The lowest BCUT2D eigenvalue weighted by Gasteiger charge is -1.95. The fourth-order valence-corrected chi connectivity index (χ4v) is 1.00. The van der Waals surface area contributed by atoms with Gasteiger partial charge in [-0.1, -0.05) is 49.7 Å². The van der Waals surface area contributed by atoms with E-state index in [1.165, 1.54) is 5.56 Å². The number of hydrogen-bond donors (Lipinski definition) is 0. The van der Waals surface area contributed by atoms with Crippen LogP contribution < -0.4 is 0 Å². The lowest BCUT2D eigenvalue weighted by Crippen LogP contribution is -1.77. The van der Waals surface area contributed by atoms with Crippen LogP contribution in [0.15, 0.2) is 30.3 Å². The van der Waals surface area contributed by atoms with Gasteiger partial charge in [0.05, 0.1) is 0 Å². The third kappa shape index (κ3) is 3.10. The van der Waals surface area contributed by atoms with Gasteiger partial charge in [0.1, 0.15) is 0 Å². The standard InChI is InChI=1S/C11H13Cl/c1-9(2)3-4-10-5-7-11(12)8-6-10/h3-9H,1-2H3/b4-3-. The van der Waals surface area contributed by atoms with Crippen molar-refractivity contribution in [3.05, 3.63) is 40.9 Å². The van der Waals surface area contributed by atoms with Crippen molar-refractivity contribution >= 4 is 17.7 Å². The molecule has 0 saturated heterocycles. The Bertz CT molecular complexity index is 257. The Balaban J connectivity index is 2.71. The van der Waals surface area contributed by atoms with Gasteiger partial charge in [0, 0.05) is 5.02 Å². The Morgan fingerprint density at radius 1 is 1.17 bits per heavy atom. The van der Waals surface area contributed by atoms with Gasteiger partial charge in [-0.3, -0.25) is 0 Å². The molecule has 0 nitrogen and oxygen atoms in total. The van der Waals surface area contributed by atoms with Crippen molar-refractivity contribution in [2.75, 3.05) is 0 Å². The Morgan fingerprint density at radius 2 is 1.75 bits per heavy atom. The number of rotatable bonds is 2. The largest absolute Gasteiger partial charge is 0.0843 e. The van der Waals surface area contributed by atoms with Gasteiger partial charge in [0.25, 0.3) is 0 Å². The zero-order chi connectivity index (χ0) is 8.97. The number of hydrogen-bond acceptors (Lipinski definition) is 0. The molecule has 0 aliphatic heterocycles. The average molecular weight is 181 g/mol.